The molecule has 1 nitrogen and oxygen atoms in total. The monoisotopic (exact) mass is 421 g/mol. The van der Waals surface area contributed by atoms with E-state index in [1.165, 1.54) is 38.1 Å². The van der Waals surface area contributed by atoms with Crippen molar-refractivity contribution in [1.29, 1.82) is 0 Å². The normalized spacial score (nSPS) is 20.7. The number of aromatic nitrogens is 1. The molecule has 2 heterocycles. The number of hydrogen-bond acceptors (Lipinski definition) is 2. The third-order valence-corrected chi connectivity index (χ3v) is 8.69. The summed E-state index contributed by atoms with van der Waals surface area (Å²) in [6.45, 7) is 9.44. The van der Waals surface area contributed by atoms with Crippen molar-refractivity contribution in [2.45, 2.75) is 55.1 Å². The Kier molecular flexibility index (Phi) is 4.14. The highest BCUT2D eigenvalue weighted by Crippen LogP contribution is 2.67. The molecule has 31 heavy (non-hydrogen) atoms. The lowest BCUT2D eigenvalue weighted by Gasteiger charge is -2.30. The van der Waals surface area contributed by atoms with Crippen LogP contribution in [0.4, 0.5) is 0 Å². The number of hydrogen-bond donors (Lipinski definition) is 0. The highest BCUT2D eigenvalue weighted by atomic mass is 32.2. The van der Waals surface area contributed by atoms with Gasteiger partial charge in [0.1, 0.15) is 0 Å². The molecule has 0 fully saturated rings. The zero-order valence-corrected chi connectivity index (χ0v) is 19.3. The molecule has 0 bridgehead atoms. The molecule has 1 aliphatic carbocycles. The van der Waals surface area contributed by atoms with E-state index in [-0.39, 0.29) is 5.41 Å². The van der Waals surface area contributed by atoms with E-state index in [0.717, 1.165) is 11.2 Å². The second-order valence-electron chi connectivity index (χ2n) is 9.81. The topological polar surface area (TPSA) is 12.9 Å². The molecule has 0 amide bonds. The largest absolute Gasteiger partial charge is 0.248 e. The summed E-state index contributed by atoms with van der Waals surface area (Å²) < 4.78 is 0. The Bertz CT molecular complexity index is 1330. The van der Waals surface area contributed by atoms with Crippen LogP contribution < -0.4 is 0 Å². The minimum atomic E-state index is 0.0571. The minimum absolute atomic E-state index is 0.0571. The molecule has 2 aliphatic rings. The molecule has 2 heteroatoms. The maximum absolute atomic E-state index is 5.16. The Morgan fingerprint density at radius 3 is 2.45 bits per heavy atom. The maximum atomic E-state index is 5.16. The molecular weight excluding hydrogens is 394 g/mol. The van der Waals surface area contributed by atoms with E-state index in [1.54, 1.807) is 0 Å². The van der Waals surface area contributed by atoms with Gasteiger partial charge < -0.3 is 0 Å². The average Bonchev–Trinajstić information content (AvgIpc) is 3.27. The lowest BCUT2D eigenvalue weighted by molar-refractivity contribution is 0.446. The van der Waals surface area contributed by atoms with Gasteiger partial charge in [-0.1, -0.05) is 82.3 Å². The first kappa shape index (κ1) is 19.1. The van der Waals surface area contributed by atoms with E-state index in [9.17, 15) is 0 Å². The summed E-state index contributed by atoms with van der Waals surface area (Å²) in [7, 11) is 0. The van der Waals surface area contributed by atoms with Crippen molar-refractivity contribution in [2.75, 3.05) is 0 Å². The zero-order chi connectivity index (χ0) is 21.3. The fraction of sp³-hybridized carbons (Fsp3) is 0.276. The third kappa shape index (κ3) is 2.67. The Balaban J connectivity index is 1.59. The first-order valence-electron chi connectivity index (χ1n) is 11.3. The van der Waals surface area contributed by atoms with Crippen LogP contribution in [-0.4, -0.2) is 4.98 Å². The van der Waals surface area contributed by atoms with Crippen molar-refractivity contribution in [1.82, 2.24) is 4.98 Å². The highest BCUT2D eigenvalue weighted by molar-refractivity contribution is 8.00. The van der Waals surface area contributed by atoms with Crippen molar-refractivity contribution in [3.8, 4) is 11.3 Å². The lowest BCUT2D eigenvalue weighted by Crippen LogP contribution is -2.22. The first-order chi connectivity index (χ1) is 15.0. The quantitative estimate of drug-likeness (QED) is 0.323. The molecule has 0 spiro atoms. The predicted octanol–water partition coefficient (Wildman–Crippen LogP) is 8.25. The molecule has 0 saturated heterocycles. The molecule has 2 unspecified atom stereocenters. The van der Waals surface area contributed by atoms with Crippen LogP contribution >= 0.6 is 11.8 Å². The van der Waals surface area contributed by atoms with Crippen LogP contribution in [0.25, 0.3) is 22.2 Å². The van der Waals surface area contributed by atoms with Crippen molar-refractivity contribution in [3.05, 3.63) is 95.1 Å². The summed E-state index contributed by atoms with van der Waals surface area (Å²) in [6.07, 6.45) is 0. The second-order valence-corrected chi connectivity index (χ2v) is 11.0. The van der Waals surface area contributed by atoms with E-state index in [1.807, 2.05) is 11.8 Å². The lowest BCUT2D eigenvalue weighted by atomic mass is 9.73. The van der Waals surface area contributed by atoms with Crippen LogP contribution in [0.15, 0.2) is 77.7 Å². The van der Waals surface area contributed by atoms with Gasteiger partial charge in [-0.3, -0.25) is 0 Å². The van der Waals surface area contributed by atoms with Crippen LogP contribution in [0.1, 0.15) is 67.0 Å². The van der Waals surface area contributed by atoms with E-state index >= 15 is 0 Å². The Labute approximate surface area is 188 Å². The number of pyridine rings is 1. The van der Waals surface area contributed by atoms with Crippen molar-refractivity contribution in [2.24, 2.45) is 0 Å². The Morgan fingerprint density at radius 1 is 0.871 bits per heavy atom. The van der Waals surface area contributed by atoms with Gasteiger partial charge in [0.2, 0.25) is 0 Å². The molecule has 6 rings (SSSR count). The summed E-state index contributed by atoms with van der Waals surface area (Å²) in [5.74, 6) is 0.966. The average molecular weight is 422 g/mol. The summed E-state index contributed by atoms with van der Waals surface area (Å²) in [5.41, 5.74) is 9.46. The zero-order valence-electron chi connectivity index (χ0n) is 18.5. The summed E-state index contributed by atoms with van der Waals surface area (Å²) >= 11 is 2.05. The number of thioether (sulfide) groups is 1. The van der Waals surface area contributed by atoms with Crippen LogP contribution in [0.2, 0.25) is 0 Å². The first-order valence-corrected chi connectivity index (χ1v) is 12.1. The number of nitrogens with zero attached hydrogens (tertiary/aromatic N) is 1. The van der Waals surface area contributed by atoms with Crippen LogP contribution in [0.3, 0.4) is 0 Å². The highest BCUT2D eigenvalue weighted by Gasteiger charge is 2.52. The number of fused-ring (bicyclic) bond motifs is 6. The van der Waals surface area contributed by atoms with Crippen LogP contribution in [0, 0.1) is 0 Å². The van der Waals surface area contributed by atoms with Gasteiger partial charge in [0, 0.05) is 27.0 Å². The van der Waals surface area contributed by atoms with E-state index in [0.29, 0.717) is 17.1 Å². The fourth-order valence-electron chi connectivity index (χ4n) is 5.94. The molecule has 0 saturated carbocycles. The third-order valence-electron chi connectivity index (χ3n) is 7.28. The molecule has 4 aromatic rings. The molecule has 1 aromatic heterocycles. The van der Waals surface area contributed by atoms with Gasteiger partial charge in [0.25, 0.3) is 0 Å². The standard InChI is InChI=1S/C29H27NS/c1-17(2)22-16-24(30-23-14-7-5-10-18(22)23)19-12-9-13-21-26(19)29(3,4)27-20-11-6-8-15-25(20)31-28(21)27/h5-17,27-28H,1-4H3. The Hall–Kier alpha value is -2.58. The number of para-hydroxylation sites is 1. The molecule has 1 aliphatic heterocycles. The smallest absolute Gasteiger partial charge is 0.0715 e. The number of rotatable bonds is 2. The van der Waals surface area contributed by atoms with Gasteiger partial charge in [0.15, 0.2) is 0 Å². The summed E-state index contributed by atoms with van der Waals surface area (Å²) in [6, 6.07) is 26.8. The van der Waals surface area contributed by atoms with Gasteiger partial charge in [-0.15, -0.1) is 11.8 Å². The van der Waals surface area contributed by atoms with Crippen LogP contribution in [0.5, 0.6) is 0 Å². The van der Waals surface area contributed by atoms with E-state index in [4.69, 9.17) is 4.98 Å². The van der Waals surface area contributed by atoms with Gasteiger partial charge >= 0.3 is 0 Å². The summed E-state index contributed by atoms with van der Waals surface area (Å²) in [5, 5.41) is 1.77. The van der Waals surface area contributed by atoms with Crippen molar-refractivity contribution < 1.29 is 0 Å². The minimum Gasteiger partial charge on any atom is -0.248 e. The van der Waals surface area contributed by atoms with Gasteiger partial charge in [-0.05, 0) is 51.8 Å². The summed E-state index contributed by atoms with van der Waals surface area (Å²) in [4.78, 5) is 6.61. The molecule has 2 atom stereocenters. The molecular formula is C29H27NS. The Morgan fingerprint density at radius 2 is 1.61 bits per heavy atom. The van der Waals surface area contributed by atoms with Gasteiger partial charge in [-0.2, -0.15) is 0 Å². The molecule has 0 radical (unpaired) electrons. The number of benzene rings is 3. The molecule has 0 N–H and O–H groups in total. The van der Waals surface area contributed by atoms with E-state index in [2.05, 4.69) is 100 Å². The predicted molar refractivity (Wildman–Crippen MR) is 132 cm³/mol. The molecule has 154 valence electrons. The van der Waals surface area contributed by atoms with Gasteiger partial charge in [-0.25, -0.2) is 4.98 Å². The fourth-order valence-corrected chi connectivity index (χ4v) is 7.64. The molecule has 3 aromatic carbocycles. The van der Waals surface area contributed by atoms with E-state index < -0.39 is 0 Å². The van der Waals surface area contributed by atoms with Crippen molar-refractivity contribution >= 4 is 22.7 Å². The van der Waals surface area contributed by atoms with Crippen molar-refractivity contribution in [3.63, 3.8) is 0 Å². The maximum Gasteiger partial charge on any atom is 0.0715 e. The van der Waals surface area contributed by atoms with Crippen LogP contribution in [-0.2, 0) is 5.41 Å². The van der Waals surface area contributed by atoms with Gasteiger partial charge in [0.05, 0.1) is 11.2 Å². The SMILES string of the molecule is CC(C)c1cc(-c2cccc3c2C(C)(C)C2c4ccccc4SC32)nc2ccccc12. The second kappa shape index (κ2) is 6.71.